The van der Waals surface area contributed by atoms with E-state index < -0.39 is 0 Å². The smallest absolute Gasteiger partial charge is 0.0111 e. The fourth-order valence-corrected chi connectivity index (χ4v) is 3.75. The van der Waals surface area contributed by atoms with E-state index in [0.29, 0.717) is 0 Å². The van der Waals surface area contributed by atoms with Gasteiger partial charge in [0.1, 0.15) is 0 Å². The van der Waals surface area contributed by atoms with Crippen molar-refractivity contribution in [1.29, 1.82) is 0 Å². The Morgan fingerprint density at radius 1 is 1.19 bits per heavy atom. The van der Waals surface area contributed by atoms with Crippen LogP contribution in [0.15, 0.2) is 0 Å². The second-order valence-electron chi connectivity index (χ2n) is 5.37. The van der Waals surface area contributed by atoms with Crippen LogP contribution in [0.3, 0.4) is 0 Å². The number of rotatable bonds is 6. The highest BCUT2D eigenvalue weighted by molar-refractivity contribution is 7.98. The summed E-state index contributed by atoms with van der Waals surface area (Å²) in [5, 5.41) is 3.77. The van der Waals surface area contributed by atoms with Gasteiger partial charge in [-0.05, 0) is 64.1 Å². The van der Waals surface area contributed by atoms with Gasteiger partial charge in [0.2, 0.25) is 0 Å². The SMILES string of the molecule is CSCCCCNC1CC2CCC(C1)N2C. The summed E-state index contributed by atoms with van der Waals surface area (Å²) in [6, 6.07) is 2.56. The first-order chi connectivity index (χ1) is 7.81. The number of piperidine rings is 1. The number of hydrogen-bond acceptors (Lipinski definition) is 3. The van der Waals surface area contributed by atoms with E-state index in [2.05, 4.69) is 23.5 Å². The van der Waals surface area contributed by atoms with Crippen molar-refractivity contribution in [1.82, 2.24) is 10.2 Å². The number of thioether (sulfide) groups is 1. The van der Waals surface area contributed by atoms with Gasteiger partial charge in [-0.1, -0.05) is 0 Å². The molecule has 3 heteroatoms. The zero-order valence-electron chi connectivity index (χ0n) is 10.7. The Morgan fingerprint density at radius 2 is 1.88 bits per heavy atom. The van der Waals surface area contributed by atoms with E-state index in [4.69, 9.17) is 0 Å². The molecule has 0 aromatic carbocycles. The maximum atomic E-state index is 3.77. The molecule has 2 rings (SSSR count). The summed E-state index contributed by atoms with van der Waals surface area (Å²) in [7, 11) is 2.32. The van der Waals surface area contributed by atoms with E-state index in [-0.39, 0.29) is 0 Å². The molecule has 16 heavy (non-hydrogen) atoms. The van der Waals surface area contributed by atoms with Crippen LogP contribution in [0.5, 0.6) is 0 Å². The lowest BCUT2D eigenvalue weighted by molar-refractivity contribution is 0.149. The summed E-state index contributed by atoms with van der Waals surface area (Å²) in [6.07, 6.45) is 10.6. The van der Waals surface area contributed by atoms with E-state index in [1.165, 1.54) is 50.8 Å². The van der Waals surface area contributed by atoms with Crippen molar-refractivity contribution in [2.24, 2.45) is 0 Å². The minimum atomic E-state index is 0.808. The van der Waals surface area contributed by atoms with E-state index in [9.17, 15) is 0 Å². The van der Waals surface area contributed by atoms with Crippen LogP contribution in [0.4, 0.5) is 0 Å². The van der Waals surface area contributed by atoms with Crippen molar-refractivity contribution < 1.29 is 0 Å². The molecule has 0 radical (unpaired) electrons. The zero-order valence-corrected chi connectivity index (χ0v) is 11.6. The van der Waals surface area contributed by atoms with Crippen molar-refractivity contribution in [2.45, 2.75) is 56.7 Å². The Labute approximate surface area is 105 Å². The molecule has 2 aliphatic heterocycles. The molecule has 0 saturated carbocycles. The van der Waals surface area contributed by atoms with Gasteiger partial charge in [0.15, 0.2) is 0 Å². The summed E-state index contributed by atoms with van der Waals surface area (Å²) in [4.78, 5) is 2.62. The quantitative estimate of drug-likeness (QED) is 0.720. The average molecular weight is 242 g/mol. The highest BCUT2D eigenvalue weighted by atomic mass is 32.2. The van der Waals surface area contributed by atoms with Gasteiger partial charge in [-0.3, -0.25) is 0 Å². The molecule has 1 N–H and O–H groups in total. The Balaban J connectivity index is 1.61. The van der Waals surface area contributed by atoms with E-state index in [1.807, 2.05) is 11.8 Å². The Morgan fingerprint density at radius 3 is 2.50 bits per heavy atom. The first-order valence-corrected chi connectivity index (χ1v) is 8.15. The molecule has 2 aliphatic rings. The molecule has 2 saturated heterocycles. The molecule has 2 atom stereocenters. The molecule has 0 spiro atoms. The van der Waals surface area contributed by atoms with Crippen LogP contribution in [0.25, 0.3) is 0 Å². The monoisotopic (exact) mass is 242 g/mol. The molecule has 2 fully saturated rings. The molecular weight excluding hydrogens is 216 g/mol. The average Bonchev–Trinajstić information content (AvgIpc) is 2.54. The molecule has 2 nitrogen and oxygen atoms in total. The highest BCUT2D eigenvalue weighted by Gasteiger charge is 2.37. The van der Waals surface area contributed by atoms with Gasteiger partial charge < -0.3 is 10.2 Å². The maximum absolute atomic E-state index is 3.77. The van der Waals surface area contributed by atoms with Gasteiger partial charge in [0, 0.05) is 18.1 Å². The first kappa shape index (κ1) is 12.7. The molecule has 94 valence electrons. The molecule has 0 aromatic heterocycles. The Bertz CT molecular complexity index is 196. The standard InChI is InChI=1S/C13H26N2S/c1-15-12-5-6-13(15)10-11(9-12)14-7-3-4-8-16-2/h11-14H,3-10H2,1-2H3. The van der Waals surface area contributed by atoms with Gasteiger partial charge >= 0.3 is 0 Å². The number of nitrogens with zero attached hydrogens (tertiary/aromatic N) is 1. The number of hydrogen-bond donors (Lipinski definition) is 1. The normalized spacial score (nSPS) is 34.5. The molecule has 0 aromatic rings. The summed E-state index contributed by atoms with van der Waals surface area (Å²) >= 11 is 1.96. The van der Waals surface area contributed by atoms with Crippen LogP contribution >= 0.6 is 11.8 Å². The van der Waals surface area contributed by atoms with Gasteiger partial charge in [-0.15, -0.1) is 0 Å². The summed E-state index contributed by atoms with van der Waals surface area (Å²) in [5.41, 5.74) is 0. The van der Waals surface area contributed by atoms with Crippen molar-refractivity contribution in [3.63, 3.8) is 0 Å². The van der Waals surface area contributed by atoms with Crippen LogP contribution in [0, 0.1) is 0 Å². The lowest BCUT2D eigenvalue weighted by atomic mass is 9.98. The highest BCUT2D eigenvalue weighted by Crippen LogP contribution is 2.34. The number of fused-ring (bicyclic) bond motifs is 2. The third-order valence-corrected chi connectivity index (χ3v) is 5.00. The van der Waals surface area contributed by atoms with Crippen LogP contribution in [0.2, 0.25) is 0 Å². The van der Waals surface area contributed by atoms with E-state index in [1.54, 1.807) is 0 Å². The third-order valence-electron chi connectivity index (χ3n) is 4.31. The minimum Gasteiger partial charge on any atom is -0.314 e. The maximum Gasteiger partial charge on any atom is 0.0111 e. The largest absolute Gasteiger partial charge is 0.314 e. The van der Waals surface area contributed by atoms with E-state index >= 15 is 0 Å². The van der Waals surface area contributed by atoms with Gasteiger partial charge in [-0.2, -0.15) is 11.8 Å². The third kappa shape index (κ3) is 3.14. The second kappa shape index (κ2) is 6.27. The molecule has 0 amide bonds. The Kier molecular flexibility index (Phi) is 4.98. The fraction of sp³-hybridized carbons (Fsp3) is 1.00. The Hall–Kier alpha value is 0.270. The summed E-state index contributed by atoms with van der Waals surface area (Å²) < 4.78 is 0. The predicted molar refractivity (Wildman–Crippen MR) is 73.2 cm³/mol. The van der Waals surface area contributed by atoms with Gasteiger partial charge in [0.25, 0.3) is 0 Å². The minimum absolute atomic E-state index is 0.808. The molecular formula is C13H26N2S. The predicted octanol–water partition coefficient (Wildman–Crippen LogP) is 2.34. The van der Waals surface area contributed by atoms with Crippen LogP contribution in [-0.2, 0) is 0 Å². The first-order valence-electron chi connectivity index (χ1n) is 6.75. The topological polar surface area (TPSA) is 15.3 Å². The molecule has 2 unspecified atom stereocenters. The van der Waals surface area contributed by atoms with Crippen LogP contribution in [-0.4, -0.2) is 48.6 Å². The van der Waals surface area contributed by atoms with Crippen LogP contribution in [0.1, 0.15) is 38.5 Å². The molecule has 2 heterocycles. The number of nitrogens with one attached hydrogen (secondary N) is 1. The lowest BCUT2D eigenvalue weighted by Crippen LogP contribution is -2.47. The van der Waals surface area contributed by atoms with Crippen molar-refractivity contribution in [3.8, 4) is 0 Å². The lowest BCUT2D eigenvalue weighted by Gasteiger charge is -2.36. The molecule has 2 bridgehead atoms. The van der Waals surface area contributed by atoms with Crippen molar-refractivity contribution in [2.75, 3.05) is 25.6 Å². The van der Waals surface area contributed by atoms with E-state index in [0.717, 1.165) is 18.1 Å². The summed E-state index contributed by atoms with van der Waals surface area (Å²) in [5.74, 6) is 1.32. The summed E-state index contributed by atoms with van der Waals surface area (Å²) in [6.45, 7) is 1.23. The zero-order chi connectivity index (χ0) is 11.4. The molecule has 0 aliphatic carbocycles. The fourth-order valence-electron chi connectivity index (χ4n) is 3.26. The van der Waals surface area contributed by atoms with Crippen LogP contribution < -0.4 is 5.32 Å². The van der Waals surface area contributed by atoms with Gasteiger partial charge in [0.05, 0.1) is 0 Å². The van der Waals surface area contributed by atoms with Gasteiger partial charge in [-0.25, -0.2) is 0 Å². The number of unbranched alkanes of at least 4 members (excludes halogenated alkanes) is 1. The van der Waals surface area contributed by atoms with Crippen molar-refractivity contribution >= 4 is 11.8 Å². The second-order valence-corrected chi connectivity index (χ2v) is 6.36. The van der Waals surface area contributed by atoms with Crippen molar-refractivity contribution in [3.05, 3.63) is 0 Å².